The fourth-order valence-corrected chi connectivity index (χ4v) is 15.4. The van der Waals surface area contributed by atoms with Crippen molar-refractivity contribution in [3.05, 3.63) is 0 Å². The van der Waals surface area contributed by atoms with Gasteiger partial charge >= 0.3 is 0 Å². The molecular weight excluding hydrogens is 473 g/mol. The molecule has 34 heavy (non-hydrogen) atoms. The van der Waals surface area contributed by atoms with Crippen LogP contribution in [0.5, 0.6) is 0 Å². The fraction of sp³-hybridized carbons (Fsp3) is 1.00. The van der Waals surface area contributed by atoms with E-state index in [2.05, 4.69) is 86.5 Å². The number of nitrogens with one attached hydrogen (secondary N) is 1. The zero-order valence-corrected chi connectivity index (χ0v) is 28.4. The highest BCUT2D eigenvalue weighted by Gasteiger charge is 2.58. The molecule has 3 unspecified atom stereocenters. The summed E-state index contributed by atoms with van der Waals surface area (Å²) in [7, 11) is -4.62. The topological polar surface area (TPSA) is 65.7 Å². The molecule has 0 fully saturated rings. The molecule has 0 aliphatic rings. The first-order valence-corrected chi connectivity index (χ1v) is 22.3. The Balaban J connectivity index is 6.50. The summed E-state index contributed by atoms with van der Waals surface area (Å²) in [5.41, 5.74) is 5.71. The largest absolute Gasteiger partial charge is 0.418 e. The lowest BCUT2D eigenvalue weighted by Crippen LogP contribution is -2.69. The van der Waals surface area contributed by atoms with Crippen molar-refractivity contribution in [3.63, 3.8) is 0 Å². The average Bonchev–Trinajstić information content (AvgIpc) is 2.73. The summed E-state index contributed by atoms with van der Waals surface area (Å²) in [4.78, 5) is 0. The maximum atomic E-state index is 7.56. The van der Waals surface area contributed by atoms with Crippen LogP contribution in [0.15, 0.2) is 0 Å². The lowest BCUT2D eigenvalue weighted by Gasteiger charge is -2.55. The second-order valence-electron chi connectivity index (χ2n) is 12.5. The predicted molar refractivity (Wildman–Crippen MR) is 158 cm³/mol. The number of hydrogen-bond acceptors (Lipinski definition) is 5. The maximum Gasteiger partial charge on any atom is 0.220 e. The van der Waals surface area contributed by atoms with Gasteiger partial charge in [-0.3, -0.25) is 0 Å². The normalized spacial score (nSPS) is 18.9. The summed E-state index contributed by atoms with van der Waals surface area (Å²) in [5.74, 6) is 0. The predicted octanol–water partition coefficient (Wildman–Crippen LogP) is 6.98. The molecule has 0 radical (unpaired) electrons. The lowest BCUT2D eigenvalue weighted by atomic mass is 10.1. The van der Waals surface area contributed by atoms with Crippen molar-refractivity contribution in [1.29, 1.82) is 0 Å². The fourth-order valence-electron chi connectivity index (χ4n) is 4.89. The van der Waals surface area contributed by atoms with Crippen molar-refractivity contribution in [2.45, 2.75) is 141 Å². The Hall–Kier alpha value is 0.451. The molecule has 0 aromatic heterocycles. The van der Waals surface area contributed by atoms with E-state index in [0.717, 1.165) is 57.7 Å². The van der Waals surface area contributed by atoms with E-state index in [9.17, 15) is 0 Å². The summed E-state index contributed by atoms with van der Waals surface area (Å²) in [5, 5.41) is 3.21. The summed E-state index contributed by atoms with van der Waals surface area (Å²) in [6, 6.07) is 1.08. The first-order valence-electron chi connectivity index (χ1n) is 13.8. The molecule has 8 heteroatoms. The molecule has 0 aromatic rings. The Morgan fingerprint density at radius 2 is 1.29 bits per heavy atom. The van der Waals surface area contributed by atoms with Crippen molar-refractivity contribution < 1.29 is 13.3 Å². The lowest BCUT2D eigenvalue weighted by molar-refractivity contribution is 0.0540. The van der Waals surface area contributed by atoms with Gasteiger partial charge in [0.05, 0.1) is 10.4 Å². The van der Waals surface area contributed by atoms with Crippen LogP contribution in [0.3, 0.4) is 0 Å². The SMILES string of the molecule is CCCC(C)(O[Si](C)(CCCNCCN)C(C)(CCC)O[Si](C)(C)C(C)(C)CC)[Si](C)(C)OC. The van der Waals surface area contributed by atoms with Crippen molar-refractivity contribution >= 4 is 25.0 Å². The van der Waals surface area contributed by atoms with Crippen LogP contribution >= 0.6 is 0 Å². The first-order chi connectivity index (χ1) is 15.5. The van der Waals surface area contributed by atoms with Gasteiger partial charge in [-0.2, -0.15) is 0 Å². The highest BCUT2D eigenvalue weighted by Crippen LogP contribution is 2.48. The third-order valence-corrected chi connectivity index (χ3v) is 22.8. The minimum atomic E-state index is -2.39. The first kappa shape index (κ1) is 34.5. The van der Waals surface area contributed by atoms with E-state index in [1.165, 1.54) is 0 Å². The quantitative estimate of drug-likeness (QED) is 0.138. The number of hydrogen-bond donors (Lipinski definition) is 2. The molecule has 0 bridgehead atoms. The van der Waals surface area contributed by atoms with Crippen molar-refractivity contribution in [2.75, 3.05) is 26.7 Å². The van der Waals surface area contributed by atoms with Crippen LogP contribution in [-0.2, 0) is 13.3 Å². The van der Waals surface area contributed by atoms with Crippen LogP contribution in [0.1, 0.15) is 87.0 Å². The Labute approximate surface area is 217 Å². The molecule has 3 N–H and O–H groups in total. The van der Waals surface area contributed by atoms with E-state index in [0.29, 0.717) is 6.54 Å². The summed E-state index contributed by atoms with van der Waals surface area (Å²) in [6.07, 6.45) is 6.47. The molecule has 5 nitrogen and oxygen atoms in total. The molecule has 0 aliphatic heterocycles. The van der Waals surface area contributed by atoms with E-state index in [1.54, 1.807) is 0 Å². The van der Waals surface area contributed by atoms with Crippen LogP contribution in [-0.4, -0.2) is 62.1 Å². The van der Waals surface area contributed by atoms with E-state index in [4.69, 9.17) is 19.0 Å². The monoisotopic (exact) mass is 534 g/mol. The standard InChI is InChI=1S/C26H62N2O3Si3/c1-14-18-25(6,33(11,12)29-8)31-34(13,23-17-21-28-22-20-27)26(7,19-15-2)30-32(9,10)24(4,5)16-3/h28H,14-23,27H2,1-13H3. The molecule has 0 rings (SSSR count). The second kappa shape index (κ2) is 13.8. The van der Waals surface area contributed by atoms with E-state index in [-0.39, 0.29) is 15.5 Å². The van der Waals surface area contributed by atoms with Gasteiger partial charge in [-0.15, -0.1) is 0 Å². The minimum Gasteiger partial charge on any atom is -0.418 e. The Bertz CT molecular complexity index is 592. The van der Waals surface area contributed by atoms with Crippen LogP contribution < -0.4 is 11.1 Å². The minimum absolute atomic E-state index is 0.202. The molecule has 0 aliphatic carbocycles. The van der Waals surface area contributed by atoms with Crippen LogP contribution in [0, 0.1) is 0 Å². The summed E-state index contributed by atoms with van der Waals surface area (Å²) in [6.45, 7) is 30.8. The van der Waals surface area contributed by atoms with E-state index in [1.807, 2.05) is 7.11 Å². The molecule has 0 amide bonds. The van der Waals surface area contributed by atoms with Gasteiger partial charge in [-0.25, -0.2) is 0 Å². The Morgan fingerprint density at radius 3 is 1.74 bits per heavy atom. The molecule has 3 atom stereocenters. The average molecular weight is 535 g/mol. The van der Waals surface area contributed by atoms with Gasteiger partial charge in [0.2, 0.25) is 16.6 Å². The molecule has 0 saturated carbocycles. The smallest absolute Gasteiger partial charge is 0.220 e. The second-order valence-corrected chi connectivity index (χ2v) is 25.8. The summed E-state index contributed by atoms with van der Waals surface area (Å²) >= 11 is 0. The van der Waals surface area contributed by atoms with Crippen molar-refractivity contribution in [1.82, 2.24) is 5.32 Å². The van der Waals surface area contributed by atoms with Crippen LogP contribution in [0.25, 0.3) is 0 Å². The van der Waals surface area contributed by atoms with E-state index >= 15 is 0 Å². The van der Waals surface area contributed by atoms with Gasteiger partial charge in [0.1, 0.15) is 0 Å². The van der Waals surface area contributed by atoms with Gasteiger partial charge in [-0.1, -0.05) is 53.9 Å². The van der Waals surface area contributed by atoms with Gasteiger partial charge in [0.15, 0.2) is 8.32 Å². The highest BCUT2D eigenvalue weighted by atomic mass is 28.4. The molecule has 206 valence electrons. The van der Waals surface area contributed by atoms with Gasteiger partial charge in [-0.05, 0) is 83.5 Å². The van der Waals surface area contributed by atoms with Crippen LogP contribution in [0.4, 0.5) is 0 Å². The summed E-state index contributed by atoms with van der Waals surface area (Å²) < 4.78 is 21.2. The zero-order valence-electron chi connectivity index (χ0n) is 25.4. The van der Waals surface area contributed by atoms with Crippen molar-refractivity contribution in [3.8, 4) is 0 Å². The Morgan fingerprint density at radius 1 is 0.765 bits per heavy atom. The van der Waals surface area contributed by atoms with Gasteiger partial charge < -0.3 is 24.3 Å². The number of rotatable bonds is 19. The Kier molecular flexibility index (Phi) is 14.0. The molecule has 0 saturated heterocycles. The zero-order chi connectivity index (χ0) is 26.9. The van der Waals surface area contributed by atoms with Crippen LogP contribution in [0.2, 0.25) is 43.8 Å². The molecular formula is C26H62N2O3Si3. The third-order valence-electron chi connectivity index (χ3n) is 9.13. The molecule has 0 spiro atoms. The molecule has 0 aromatic carbocycles. The third kappa shape index (κ3) is 8.50. The van der Waals surface area contributed by atoms with Gasteiger partial charge in [0, 0.05) is 20.2 Å². The highest BCUT2D eigenvalue weighted by molar-refractivity contribution is 6.81. The van der Waals surface area contributed by atoms with E-state index < -0.39 is 25.0 Å². The van der Waals surface area contributed by atoms with Crippen molar-refractivity contribution in [2.24, 2.45) is 5.73 Å². The maximum absolute atomic E-state index is 7.56. The van der Waals surface area contributed by atoms with Gasteiger partial charge in [0.25, 0.3) is 0 Å². The number of nitrogens with two attached hydrogens (primary N) is 1. The molecule has 0 heterocycles.